The fourth-order valence-corrected chi connectivity index (χ4v) is 2.83. The molecule has 0 unspecified atom stereocenters. The first kappa shape index (κ1) is 13.4. The minimum absolute atomic E-state index is 0.546. The van der Waals surface area contributed by atoms with Crippen molar-refractivity contribution in [1.82, 2.24) is 0 Å². The SMILES string of the molecule is CCC1(C)CCN(c2ccc(C)cc2CN)CC1. The fraction of sp³-hybridized carbons (Fsp3) is 0.625. The average molecular weight is 246 g/mol. The molecule has 1 fully saturated rings. The van der Waals surface area contributed by atoms with Crippen LogP contribution in [0.1, 0.15) is 44.2 Å². The van der Waals surface area contributed by atoms with Gasteiger partial charge in [0.25, 0.3) is 0 Å². The normalized spacial score (nSPS) is 19.0. The van der Waals surface area contributed by atoms with E-state index in [-0.39, 0.29) is 0 Å². The van der Waals surface area contributed by atoms with Crippen LogP contribution in [0.15, 0.2) is 18.2 Å². The molecule has 1 aromatic carbocycles. The van der Waals surface area contributed by atoms with E-state index in [1.807, 2.05) is 0 Å². The molecule has 1 heterocycles. The first-order chi connectivity index (χ1) is 8.58. The summed E-state index contributed by atoms with van der Waals surface area (Å²) in [6.07, 6.45) is 3.88. The Labute approximate surface area is 111 Å². The van der Waals surface area contributed by atoms with E-state index >= 15 is 0 Å². The molecule has 0 aliphatic carbocycles. The predicted octanol–water partition coefficient (Wildman–Crippen LogP) is 3.47. The topological polar surface area (TPSA) is 29.3 Å². The molecule has 2 N–H and O–H groups in total. The van der Waals surface area contributed by atoms with E-state index in [1.54, 1.807) is 0 Å². The molecule has 0 radical (unpaired) electrons. The Morgan fingerprint density at radius 1 is 1.28 bits per heavy atom. The highest BCUT2D eigenvalue weighted by Gasteiger charge is 2.28. The summed E-state index contributed by atoms with van der Waals surface area (Å²) in [6, 6.07) is 6.66. The zero-order chi connectivity index (χ0) is 13.2. The van der Waals surface area contributed by atoms with Crippen molar-refractivity contribution >= 4 is 5.69 Å². The Balaban J connectivity index is 2.14. The highest BCUT2D eigenvalue weighted by Crippen LogP contribution is 2.36. The lowest BCUT2D eigenvalue weighted by Gasteiger charge is -2.40. The van der Waals surface area contributed by atoms with Crippen LogP contribution in [0, 0.1) is 12.3 Å². The lowest BCUT2D eigenvalue weighted by molar-refractivity contribution is 0.238. The molecule has 1 aliphatic heterocycles. The second-order valence-corrected chi connectivity index (χ2v) is 5.99. The van der Waals surface area contributed by atoms with Crippen molar-refractivity contribution in [1.29, 1.82) is 0 Å². The van der Waals surface area contributed by atoms with Crippen LogP contribution in [0.5, 0.6) is 0 Å². The van der Waals surface area contributed by atoms with Crippen molar-refractivity contribution in [3.05, 3.63) is 29.3 Å². The van der Waals surface area contributed by atoms with Gasteiger partial charge in [0.05, 0.1) is 0 Å². The third kappa shape index (κ3) is 2.69. The summed E-state index contributed by atoms with van der Waals surface area (Å²) in [4.78, 5) is 2.51. The quantitative estimate of drug-likeness (QED) is 0.885. The van der Waals surface area contributed by atoms with E-state index in [0.717, 1.165) is 0 Å². The van der Waals surface area contributed by atoms with Crippen LogP contribution in [0.4, 0.5) is 5.69 Å². The second-order valence-electron chi connectivity index (χ2n) is 5.99. The maximum Gasteiger partial charge on any atom is 0.0411 e. The van der Waals surface area contributed by atoms with Gasteiger partial charge in [-0.2, -0.15) is 0 Å². The monoisotopic (exact) mass is 246 g/mol. The van der Waals surface area contributed by atoms with Crippen LogP contribution in [0.3, 0.4) is 0 Å². The maximum absolute atomic E-state index is 5.88. The third-order valence-corrected chi connectivity index (χ3v) is 4.62. The first-order valence-electron chi connectivity index (χ1n) is 7.12. The molecule has 0 amide bonds. The summed E-state index contributed by atoms with van der Waals surface area (Å²) in [6.45, 7) is 9.84. The van der Waals surface area contributed by atoms with E-state index < -0.39 is 0 Å². The van der Waals surface area contributed by atoms with Gasteiger partial charge >= 0.3 is 0 Å². The number of nitrogens with zero attached hydrogens (tertiary/aromatic N) is 1. The molecule has 0 aromatic heterocycles. The lowest BCUT2D eigenvalue weighted by Crippen LogP contribution is -2.39. The van der Waals surface area contributed by atoms with Crippen molar-refractivity contribution in [3.63, 3.8) is 0 Å². The number of benzene rings is 1. The van der Waals surface area contributed by atoms with Gasteiger partial charge in [-0.15, -0.1) is 0 Å². The van der Waals surface area contributed by atoms with Crippen LogP contribution < -0.4 is 10.6 Å². The molecule has 2 nitrogen and oxygen atoms in total. The molecule has 2 rings (SSSR count). The van der Waals surface area contributed by atoms with Crippen molar-refractivity contribution in [2.24, 2.45) is 11.1 Å². The first-order valence-corrected chi connectivity index (χ1v) is 7.12. The molecule has 18 heavy (non-hydrogen) atoms. The van der Waals surface area contributed by atoms with Crippen molar-refractivity contribution < 1.29 is 0 Å². The molecule has 1 saturated heterocycles. The Kier molecular flexibility index (Phi) is 3.96. The lowest BCUT2D eigenvalue weighted by atomic mass is 9.78. The number of hydrogen-bond donors (Lipinski definition) is 1. The summed E-state index contributed by atoms with van der Waals surface area (Å²) in [5, 5.41) is 0. The number of nitrogens with two attached hydrogens (primary N) is 1. The highest BCUT2D eigenvalue weighted by molar-refractivity contribution is 5.55. The van der Waals surface area contributed by atoms with Gasteiger partial charge in [0.1, 0.15) is 0 Å². The van der Waals surface area contributed by atoms with Gasteiger partial charge < -0.3 is 10.6 Å². The van der Waals surface area contributed by atoms with Gasteiger partial charge in [-0.1, -0.05) is 38.0 Å². The van der Waals surface area contributed by atoms with Crippen LogP contribution in [0.2, 0.25) is 0 Å². The molecule has 2 heteroatoms. The van der Waals surface area contributed by atoms with Crippen LogP contribution >= 0.6 is 0 Å². The summed E-state index contributed by atoms with van der Waals surface area (Å²) in [7, 11) is 0. The number of rotatable bonds is 3. The Morgan fingerprint density at radius 2 is 1.94 bits per heavy atom. The van der Waals surface area contributed by atoms with Crippen molar-refractivity contribution in [3.8, 4) is 0 Å². The molecule has 1 aliphatic rings. The van der Waals surface area contributed by atoms with Crippen LogP contribution in [0.25, 0.3) is 0 Å². The fourth-order valence-electron chi connectivity index (χ4n) is 2.83. The number of piperidine rings is 1. The number of hydrogen-bond acceptors (Lipinski definition) is 2. The van der Waals surface area contributed by atoms with E-state index in [9.17, 15) is 0 Å². The van der Waals surface area contributed by atoms with E-state index in [4.69, 9.17) is 5.73 Å². The average Bonchev–Trinajstić information content (AvgIpc) is 2.40. The van der Waals surface area contributed by atoms with Crippen LogP contribution in [-0.4, -0.2) is 13.1 Å². The molecule has 0 bridgehead atoms. The zero-order valence-electron chi connectivity index (χ0n) is 12.0. The van der Waals surface area contributed by atoms with E-state index in [1.165, 1.54) is 49.2 Å². The minimum atomic E-state index is 0.546. The second kappa shape index (κ2) is 5.31. The smallest absolute Gasteiger partial charge is 0.0411 e. The molecule has 1 aromatic rings. The Morgan fingerprint density at radius 3 is 2.50 bits per heavy atom. The standard InChI is InChI=1S/C16H26N2/c1-4-16(3)7-9-18(10-8-16)15-6-5-13(2)11-14(15)12-17/h5-6,11H,4,7-10,12,17H2,1-3H3. The molecular formula is C16H26N2. The molecular weight excluding hydrogens is 220 g/mol. The maximum atomic E-state index is 5.88. The number of anilines is 1. The summed E-state index contributed by atoms with van der Waals surface area (Å²) in [5.41, 5.74) is 10.4. The molecule has 0 saturated carbocycles. The van der Waals surface area contributed by atoms with Crippen molar-refractivity contribution in [2.45, 2.75) is 46.6 Å². The van der Waals surface area contributed by atoms with Gasteiger partial charge in [0.15, 0.2) is 0 Å². The Bertz CT molecular complexity index is 404. The summed E-state index contributed by atoms with van der Waals surface area (Å²) in [5.74, 6) is 0. The molecule has 100 valence electrons. The highest BCUT2D eigenvalue weighted by atomic mass is 15.1. The third-order valence-electron chi connectivity index (χ3n) is 4.62. The summed E-state index contributed by atoms with van der Waals surface area (Å²) < 4.78 is 0. The van der Waals surface area contributed by atoms with Gasteiger partial charge in [-0.3, -0.25) is 0 Å². The van der Waals surface area contributed by atoms with E-state index in [2.05, 4.69) is 43.9 Å². The van der Waals surface area contributed by atoms with Gasteiger partial charge in [0.2, 0.25) is 0 Å². The largest absolute Gasteiger partial charge is 0.371 e. The van der Waals surface area contributed by atoms with Gasteiger partial charge in [0, 0.05) is 25.3 Å². The molecule has 0 atom stereocenters. The Hall–Kier alpha value is -1.02. The summed E-state index contributed by atoms with van der Waals surface area (Å²) >= 11 is 0. The predicted molar refractivity (Wildman–Crippen MR) is 78.9 cm³/mol. The molecule has 0 spiro atoms. The van der Waals surface area contributed by atoms with Crippen molar-refractivity contribution in [2.75, 3.05) is 18.0 Å². The van der Waals surface area contributed by atoms with Gasteiger partial charge in [-0.05, 0) is 36.8 Å². The minimum Gasteiger partial charge on any atom is -0.371 e. The van der Waals surface area contributed by atoms with Gasteiger partial charge in [-0.25, -0.2) is 0 Å². The zero-order valence-corrected chi connectivity index (χ0v) is 12.0. The van der Waals surface area contributed by atoms with E-state index in [0.29, 0.717) is 12.0 Å². The number of aryl methyl sites for hydroxylation is 1. The van der Waals surface area contributed by atoms with Crippen LogP contribution in [-0.2, 0) is 6.54 Å².